The first-order valence-corrected chi connectivity index (χ1v) is 9.30. The van der Waals surface area contributed by atoms with Crippen molar-refractivity contribution in [3.63, 3.8) is 0 Å². The predicted molar refractivity (Wildman–Crippen MR) is 109 cm³/mol. The summed E-state index contributed by atoms with van der Waals surface area (Å²) in [6, 6.07) is 20.8. The van der Waals surface area contributed by atoms with E-state index in [4.69, 9.17) is 9.83 Å². The van der Waals surface area contributed by atoms with E-state index in [-0.39, 0.29) is 5.91 Å². The molecule has 4 nitrogen and oxygen atoms in total. The van der Waals surface area contributed by atoms with Crippen molar-refractivity contribution in [2.24, 2.45) is 0 Å². The van der Waals surface area contributed by atoms with Crippen molar-refractivity contribution in [2.45, 2.75) is 0 Å². The van der Waals surface area contributed by atoms with Crippen LogP contribution in [0, 0.1) is 5.41 Å². The third-order valence-electron chi connectivity index (χ3n) is 4.35. The molecule has 4 aromatic rings. The Morgan fingerprint density at radius 3 is 2.48 bits per heavy atom. The van der Waals surface area contributed by atoms with Crippen LogP contribution in [0.25, 0.3) is 21.9 Å². The van der Waals surface area contributed by atoms with E-state index in [1.165, 1.54) is 0 Å². The molecule has 0 aliphatic carbocycles. The zero-order valence-electron chi connectivity index (χ0n) is 14.3. The molecular weight excluding hydrogens is 399 g/mol. The van der Waals surface area contributed by atoms with Crippen molar-refractivity contribution in [3.8, 4) is 11.1 Å². The van der Waals surface area contributed by atoms with Crippen LogP contribution in [0.5, 0.6) is 0 Å². The summed E-state index contributed by atoms with van der Waals surface area (Å²) < 4.78 is 5.68. The van der Waals surface area contributed by atoms with E-state index in [9.17, 15) is 4.79 Å². The first-order valence-electron chi connectivity index (χ1n) is 8.36. The summed E-state index contributed by atoms with van der Waals surface area (Å²) in [5.74, 6) is -0.170. The normalized spacial score (nSPS) is 10.7. The molecule has 0 aliphatic heterocycles. The Bertz CT molecular complexity index is 1140. The molecule has 0 aliphatic rings. The van der Waals surface area contributed by atoms with Gasteiger partial charge < -0.3 is 0 Å². The summed E-state index contributed by atoms with van der Waals surface area (Å²) in [6.45, 7) is 0. The van der Waals surface area contributed by atoms with Crippen LogP contribution < -0.4 is 5.32 Å². The van der Waals surface area contributed by atoms with Crippen LogP contribution in [0.1, 0.15) is 15.9 Å². The number of benzene rings is 3. The van der Waals surface area contributed by atoms with Gasteiger partial charge in [0.25, 0.3) is 0 Å². The number of furan rings is 1. The van der Waals surface area contributed by atoms with Crippen molar-refractivity contribution in [1.29, 1.82) is 5.41 Å². The summed E-state index contributed by atoms with van der Waals surface area (Å²) in [5, 5.41) is 12.7. The zero-order valence-corrected chi connectivity index (χ0v) is 16.1. The first-order chi connectivity index (χ1) is 13.1. The van der Waals surface area contributed by atoms with Crippen LogP contribution >= 0.6 is 0 Å². The number of anilines is 1. The molecular formula is C22H15AsN2O2. The molecule has 0 fully saturated rings. The van der Waals surface area contributed by atoms with E-state index in [0.29, 0.717) is 10.1 Å². The number of amides is 1. The molecule has 130 valence electrons. The Morgan fingerprint density at radius 1 is 0.963 bits per heavy atom. The first kappa shape index (κ1) is 17.3. The van der Waals surface area contributed by atoms with E-state index in [2.05, 4.69) is 22.2 Å². The monoisotopic (exact) mass is 414 g/mol. The van der Waals surface area contributed by atoms with Gasteiger partial charge in [-0.15, -0.1) is 0 Å². The maximum absolute atomic E-state index is 12.8. The maximum atomic E-state index is 12.8. The summed E-state index contributed by atoms with van der Waals surface area (Å²) >= 11 is 2.25. The SMILES string of the molecule is N=C([As])c1ccc2cc(C(=O)Nc3ccccc3)cc(-c3ccoc3)c2c1. The standard InChI is InChI=1S/C22H15AsN2O2/c23-21(24)15-7-6-14-10-17(22(26)25-18-4-2-1-3-5-18)12-20(19(14)11-15)16-8-9-27-13-16/h1-13,24H,(H,25,26). The molecule has 5 heteroatoms. The number of rotatable bonds is 4. The van der Waals surface area contributed by atoms with Gasteiger partial charge in [-0.25, -0.2) is 0 Å². The fourth-order valence-corrected chi connectivity index (χ4v) is 3.31. The Balaban J connectivity index is 1.84. The van der Waals surface area contributed by atoms with Crippen molar-refractivity contribution < 1.29 is 9.21 Å². The van der Waals surface area contributed by atoms with E-state index < -0.39 is 0 Å². The van der Waals surface area contributed by atoms with Crippen LogP contribution in [-0.2, 0) is 0 Å². The Kier molecular flexibility index (Phi) is 4.66. The van der Waals surface area contributed by atoms with E-state index in [0.717, 1.165) is 33.2 Å². The van der Waals surface area contributed by atoms with Gasteiger partial charge in [0.05, 0.1) is 0 Å². The second-order valence-electron chi connectivity index (χ2n) is 6.14. The Labute approximate surface area is 165 Å². The minimum absolute atomic E-state index is 0.170. The Hall–Kier alpha value is -3.10. The van der Waals surface area contributed by atoms with Gasteiger partial charge in [0.1, 0.15) is 0 Å². The van der Waals surface area contributed by atoms with Gasteiger partial charge in [0.2, 0.25) is 0 Å². The van der Waals surface area contributed by atoms with Gasteiger partial charge in [0, 0.05) is 0 Å². The minimum atomic E-state index is -0.170. The van der Waals surface area contributed by atoms with Crippen LogP contribution in [-0.4, -0.2) is 27.3 Å². The van der Waals surface area contributed by atoms with Crippen molar-refractivity contribution >= 4 is 43.7 Å². The molecule has 2 radical (unpaired) electrons. The molecule has 4 rings (SSSR count). The summed E-state index contributed by atoms with van der Waals surface area (Å²) in [6.07, 6.45) is 3.27. The quantitative estimate of drug-likeness (QED) is 0.371. The van der Waals surface area contributed by atoms with E-state index in [1.54, 1.807) is 12.5 Å². The third-order valence-corrected chi connectivity index (χ3v) is 4.90. The van der Waals surface area contributed by atoms with Gasteiger partial charge in [0.15, 0.2) is 0 Å². The molecule has 0 saturated heterocycles. The van der Waals surface area contributed by atoms with Gasteiger partial charge in [-0.1, -0.05) is 6.07 Å². The molecule has 0 unspecified atom stereocenters. The van der Waals surface area contributed by atoms with Crippen molar-refractivity contribution in [1.82, 2.24) is 0 Å². The summed E-state index contributed by atoms with van der Waals surface area (Å²) in [5.41, 5.74) is 3.94. The summed E-state index contributed by atoms with van der Waals surface area (Å²) in [7, 11) is 0. The Morgan fingerprint density at radius 2 is 1.78 bits per heavy atom. The van der Waals surface area contributed by atoms with Crippen molar-refractivity contribution in [3.05, 3.63) is 90.4 Å². The molecule has 2 N–H and O–H groups in total. The zero-order chi connectivity index (χ0) is 18.8. The second-order valence-corrected chi connectivity index (χ2v) is 7.08. The number of hydrogen-bond acceptors (Lipinski definition) is 3. The van der Waals surface area contributed by atoms with Crippen molar-refractivity contribution in [2.75, 3.05) is 5.32 Å². The summed E-state index contributed by atoms with van der Waals surface area (Å²) in [4.78, 5) is 12.8. The van der Waals surface area contributed by atoms with Gasteiger partial charge in [-0.2, -0.15) is 0 Å². The number of para-hydroxylation sites is 1. The second kappa shape index (κ2) is 7.26. The third kappa shape index (κ3) is 3.57. The molecule has 27 heavy (non-hydrogen) atoms. The number of nitrogens with one attached hydrogen (secondary N) is 2. The molecule has 3 aromatic carbocycles. The molecule has 1 aromatic heterocycles. The van der Waals surface area contributed by atoms with Crippen LogP contribution in [0.4, 0.5) is 5.69 Å². The molecule has 0 saturated carbocycles. The number of carbonyl (C=O) groups excluding carboxylic acids is 1. The molecule has 0 spiro atoms. The molecule has 0 atom stereocenters. The number of hydrogen-bond donors (Lipinski definition) is 2. The molecule has 0 bridgehead atoms. The average molecular weight is 414 g/mol. The van der Waals surface area contributed by atoms with E-state index >= 15 is 0 Å². The topological polar surface area (TPSA) is 66.1 Å². The number of fused-ring (bicyclic) bond motifs is 1. The van der Waals surface area contributed by atoms with E-state index in [1.807, 2.05) is 66.7 Å². The van der Waals surface area contributed by atoms with Crippen LogP contribution in [0.15, 0.2) is 83.7 Å². The fraction of sp³-hybridized carbons (Fsp3) is 0. The fourth-order valence-electron chi connectivity index (χ4n) is 3.02. The van der Waals surface area contributed by atoms with Gasteiger partial charge >= 0.3 is 159 Å². The molecule has 1 amide bonds. The van der Waals surface area contributed by atoms with Gasteiger partial charge in [-0.3, -0.25) is 0 Å². The van der Waals surface area contributed by atoms with Crippen LogP contribution in [0.2, 0.25) is 0 Å². The average Bonchev–Trinajstić information content (AvgIpc) is 3.22. The van der Waals surface area contributed by atoms with Gasteiger partial charge in [-0.05, 0) is 0 Å². The number of carbonyl (C=O) groups is 1. The predicted octanol–water partition coefficient (Wildman–Crippen LogP) is 4.85. The van der Waals surface area contributed by atoms with Crippen LogP contribution in [0.3, 0.4) is 0 Å². The molecule has 1 heterocycles.